The van der Waals surface area contributed by atoms with Gasteiger partial charge in [0.05, 0.1) is 0 Å². The van der Waals surface area contributed by atoms with Crippen molar-refractivity contribution in [1.29, 1.82) is 0 Å². The van der Waals surface area contributed by atoms with Crippen molar-refractivity contribution in [3.05, 3.63) is 70.3 Å². The molecule has 0 aliphatic rings. The molecule has 0 amide bonds. The SMILES string of the molecule is CC(C)C(C)(C)c1ccc(C(C)(C)C(C)C)cc1.CC(C)c1cc(C(C)C)cc(C(C)C)c1. The zero-order valence-corrected chi connectivity index (χ0v) is 24.4. The summed E-state index contributed by atoms with van der Waals surface area (Å²) >= 11 is 0. The monoisotopic (exact) mass is 450 g/mol. The van der Waals surface area contributed by atoms with Crippen LogP contribution in [0.3, 0.4) is 0 Å². The van der Waals surface area contributed by atoms with E-state index in [1.54, 1.807) is 0 Å². The molecule has 2 aromatic carbocycles. The molecule has 0 heteroatoms. The maximum atomic E-state index is 2.36. The first kappa shape index (κ1) is 29.5. The summed E-state index contributed by atoms with van der Waals surface area (Å²) < 4.78 is 0. The largest absolute Gasteiger partial charge is 0.0619 e. The Kier molecular flexibility index (Phi) is 10.5. The Bertz CT molecular complexity index is 738. The van der Waals surface area contributed by atoms with E-state index in [0.29, 0.717) is 29.6 Å². The Morgan fingerprint density at radius 2 is 0.636 bits per heavy atom. The van der Waals surface area contributed by atoms with Crippen molar-refractivity contribution >= 4 is 0 Å². The van der Waals surface area contributed by atoms with Crippen LogP contribution >= 0.6 is 0 Å². The molecular weight excluding hydrogens is 396 g/mol. The Morgan fingerprint density at radius 1 is 0.424 bits per heavy atom. The van der Waals surface area contributed by atoms with E-state index in [2.05, 4.69) is 139 Å². The van der Waals surface area contributed by atoms with Gasteiger partial charge in [0.1, 0.15) is 0 Å². The predicted octanol–water partition coefficient (Wildman–Crippen LogP) is 10.6. The van der Waals surface area contributed by atoms with E-state index in [-0.39, 0.29) is 10.8 Å². The predicted molar refractivity (Wildman–Crippen MR) is 151 cm³/mol. The Morgan fingerprint density at radius 3 is 0.788 bits per heavy atom. The Labute approximate surface area is 207 Å². The fourth-order valence-electron chi connectivity index (χ4n) is 3.70. The molecule has 0 aliphatic carbocycles. The van der Waals surface area contributed by atoms with Crippen molar-refractivity contribution in [2.45, 2.75) is 126 Å². The van der Waals surface area contributed by atoms with E-state index < -0.39 is 0 Å². The summed E-state index contributed by atoms with van der Waals surface area (Å²) in [7, 11) is 0. The first-order valence-corrected chi connectivity index (χ1v) is 13.3. The van der Waals surface area contributed by atoms with Gasteiger partial charge in [-0.1, -0.05) is 139 Å². The molecule has 0 spiro atoms. The van der Waals surface area contributed by atoms with Crippen molar-refractivity contribution in [2.75, 3.05) is 0 Å². The third-order valence-electron chi connectivity index (χ3n) is 8.26. The minimum Gasteiger partial charge on any atom is -0.0619 e. The van der Waals surface area contributed by atoms with E-state index in [0.717, 1.165) is 0 Å². The van der Waals surface area contributed by atoms with Gasteiger partial charge in [-0.15, -0.1) is 0 Å². The van der Waals surface area contributed by atoms with Gasteiger partial charge in [-0.3, -0.25) is 0 Å². The molecule has 0 N–H and O–H groups in total. The topological polar surface area (TPSA) is 0 Å². The van der Waals surface area contributed by atoms with Crippen LogP contribution in [0.25, 0.3) is 0 Å². The maximum Gasteiger partial charge on any atom is -0.00806 e. The van der Waals surface area contributed by atoms with E-state index in [9.17, 15) is 0 Å². The van der Waals surface area contributed by atoms with Gasteiger partial charge < -0.3 is 0 Å². The normalized spacial score (nSPS) is 12.7. The lowest BCUT2D eigenvalue weighted by Crippen LogP contribution is -2.26. The van der Waals surface area contributed by atoms with Gasteiger partial charge in [0.15, 0.2) is 0 Å². The summed E-state index contributed by atoms with van der Waals surface area (Å²) in [5, 5.41) is 0. The highest BCUT2D eigenvalue weighted by atomic mass is 14.3. The zero-order chi connectivity index (χ0) is 25.7. The molecule has 0 heterocycles. The fraction of sp³-hybridized carbons (Fsp3) is 0.636. The van der Waals surface area contributed by atoms with Crippen LogP contribution in [-0.4, -0.2) is 0 Å². The highest BCUT2D eigenvalue weighted by Crippen LogP contribution is 2.35. The van der Waals surface area contributed by atoms with Crippen LogP contribution in [0, 0.1) is 11.8 Å². The standard InChI is InChI=1S/C18H30.C15H24/c1-13(2)17(5,6)15-9-11-16(12-10-15)18(7,8)14(3)4;1-10(2)13-7-14(11(3)4)9-15(8-13)12(5)6/h9-14H,1-8H3;7-12H,1-6H3. The second-order valence-corrected chi connectivity index (χ2v) is 12.7. The summed E-state index contributed by atoms with van der Waals surface area (Å²) in [6.07, 6.45) is 0. The first-order chi connectivity index (χ1) is 15.0. The van der Waals surface area contributed by atoms with E-state index in [1.165, 1.54) is 27.8 Å². The fourth-order valence-corrected chi connectivity index (χ4v) is 3.70. The van der Waals surface area contributed by atoms with Gasteiger partial charge >= 0.3 is 0 Å². The van der Waals surface area contributed by atoms with Gasteiger partial charge in [-0.2, -0.15) is 0 Å². The molecule has 0 aromatic heterocycles. The van der Waals surface area contributed by atoms with Crippen LogP contribution in [0.4, 0.5) is 0 Å². The lowest BCUT2D eigenvalue weighted by molar-refractivity contribution is 0.365. The van der Waals surface area contributed by atoms with Gasteiger partial charge in [0, 0.05) is 0 Å². The average molecular weight is 451 g/mol. The first-order valence-electron chi connectivity index (χ1n) is 13.3. The maximum absolute atomic E-state index is 2.36. The van der Waals surface area contributed by atoms with Crippen LogP contribution in [0.15, 0.2) is 42.5 Å². The smallest absolute Gasteiger partial charge is 0.00806 e. The molecule has 33 heavy (non-hydrogen) atoms. The highest BCUT2D eigenvalue weighted by molar-refractivity contribution is 5.35. The molecule has 0 nitrogen and oxygen atoms in total. The van der Waals surface area contributed by atoms with Gasteiger partial charge in [-0.05, 0) is 68.2 Å². The van der Waals surface area contributed by atoms with Crippen molar-refractivity contribution in [3.8, 4) is 0 Å². The molecular formula is C33H54. The summed E-state index contributed by atoms with van der Waals surface area (Å²) in [6, 6.07) is 16.4. The molecule has 0 saturated heterocycles. The molecule has 0 atom stereocenters. The molecule has 0 aliphatic heterocycles. The second kappa shape index (κ2) is 11.7. The van der Waals surface area contributed by atoms with Crippen molar-refractivity contribution in [3.63, 3.8) is 0 Å². The van der Waals surface area contributed by atoms with Crippen LogP contribution in [0.1, 0.15) is 143 Å². The Hall–Kier alpha value is -1.56. The third kappa shape index (κ3) is 7.73. The minimum atomic E-state index is 0.250. The highest BCUT2D eigenvalue weighted by Gasteiger charge is 2.27. The second-order valence-electron chi connectivity index (χ2n) is 12.7. The molecule has 0 fully saturated rings. The van der Waals surface area contributed by atoms with E-state index >= 15 is 0 Å². The third-order valence-corrected chi connectivity index (χ3v) is 8.26. The molecule has 186 valence electrons. The van der Waals surface area contributed by atoms with E-state index in [1.807, 2.05) is 0 Å². The summed E-state index contributed by atoms with van der Waals surface area (Å²) in [5.74, 6) is 3.19. The van der Waals surface area contributed by atoms with Crippen LogP contribution < -0.4 is 0 Å². The number of hydrogen-bond donors (Lipinski definition) is 0. The molecule has 0 bridgehead atoms. The van der Waals surface area contributed by atoms with Crippen LogP contribution in [-0.2, 0) is 10.8 Å². The minimum absolute atomic E-state index is 0.250. The lowest BCUT2D eigenvalue weighted by atomic mass is 9.72. The van der Waals surface area contributed by atoms with Crippen molar-refractivity contribution in [1.82, 2.24) is 0 Å². The van der Waals surface area contributed by atoms with Crippen molar-refractivity contribution < 1.29 is 0 Å². The molecule has 0 unspecified atom stereocenters. The van der Waals surface area contributed by atoms with Crippen LogP contribution in [0.2, 0.25) is 0 Å². The van der Waals surface area contributed by atoms with Gasteiger partial charge in [0.2, 0.25) is 0 Å². The quantitative estimate of drug-likeness (QED) is 0.393. The summed E-state index contributed by atoms with van der Waals surface area (Å²) in [4.78, 5) is 0. The van der Waals surface area contributed by atoms with Gasteiger partial charge in [0.25, 0.3) is 0 Å². The number of rotatable bonds is 7. The van der Waals surface area contributed by atoms with E-state index in [4.69, 9.17) is 0 Å². The zero-order valence-electron chi connectivity index (χ0n) is 24.4. The van der Waals surface area contributed by atoms with Gasteiger partial charge in [-0.25, -0.2) is 0 Å². The number of benzene rings is 2. The lowest BCUT2D eigenvalue weighted by Gasteiger charge is -2.33. The van der Waals surface area contributed by atoms with Crippen LogP contribution in [0.5, 0.6) is 0 Å². The average Bonchev–Trinajstić information content (AvgIpc) is 2.73. The molecule has 0 saturated carbocycles. The number of hydrogen-bond acceptors (Lipinski definition) is 0. The Balaban J connectivity index is 0.000000335. The molecule has 2 rings (SSSR count). The summed E-state index contributed by atoms with van der Waals surface area (Å²) in [5.41, 5.74) is 7.82. The molecule has 2 aromatic rings. The molecule has 0 radical (unpaired) electrons. The summed E-state index contributed by atoms with van der Waals surface area (Å²) in [6.45, 7) is 32.1. The van der Waals surface area contributed by atoms with Crippen molar-refractivity contribution in [2.24, 2.45) is 11.8 Å².